The van der Waals surface area contributed by atoms with Crippen molar-refractivity contribution in [2.24, 2.45) is 0 Å². The van der Waals surface area contributed by atoms with Gasteiger partial charge < -0.3 is 10.1 Å². The second kappa shape index (κ2) is 6.43. The number of ether oxygens (including phenoxy) is 1. The van der Waals surface area contributed by atoms with Gasteiger partial charge in [0.05, 0.1) is 0 Å². The zero-order valence-electron chi connectivity index (χ0n) is 12.8. The van der Waals surface area contributed by atoms with Crippen LogP contribution >= 0.6 is 15.9 Å². The van der Waals surface area contributed by atoms with Gasteiger partial charge >= 0.3 is 0 Å². The van der Waals surface area contributed by atoms with Crippen molar-refractivity contribution in [3.05, 3.63) is 40.6 Å². The number of nitrogens with zero attached hydrogens (tertiary/aromatic N) is 2. The van der Waals surface area contributed by atoms with Gasteiger partial charge in [-0.25, -0.2) is 9.97 Å². The summed E-state index contributed by atoms with van der Waals surface area (Å²) in [5.74, 6) is 1.95. The van der Waals surface area contributed by atoms with Crippen LogP contribution < -0.4 is 10.1 Å². The lowest BCUT2D eigenvalue weighted by molar-refractivity contribution is 0.456. The van der Waals surface area contributed by atoms with Crippen LogP contribution in [-0.4, -0.2) is 17.0 Å². The van der Waals surface area contributed by atoms with Crippen molar-refractivity contribution in [2.45, 2.75) is 32.6 Å². The van der Waals surface area contributed by atoms with Gasteiger partial charge in [0.2, 0.25) is 5.88 Å². The summed E-state index contributed by atoms with van der Waals surface area (Å²) in [6.45, 7) is 6.67. The normalized spacial score (nSPS) is 11.3. The SMILES string of the molecule is CCC(C)(C)c1ccc(Oc2ncnc(NC)c2Br)cc1. The lowest BCUT2D eigenvalue weighted by atomic mass is 9.82. The first-order valence-corrected chi connectivity index (χ1v) is 7.74. The molecule has 0 aliphatic rings. The summed E-state index contributed by atoms with van der Waals surface area (Å²) in [4.78, 5) is 8.26. The summed E-state index contributed by atoms with van der Waals surface area (Å²) < 4.78 is 6.53. The third-order valence-corrected chi connectivity index (χ3v) is 4.44. The predicted octanol–water partition coefficient (Wildman–Crippen LogP) is 4.76. The summed E-state index contributed by atoms with van der Waals surface area (Å²) in [5.41, 5.74) is 1.47. The summed E-state index contributed by atoms with van der Waals surface area (Å²) in [6, 6.07) is 8.15. The molecule has 0 bridgehead atoms. The Morgan fingerprint density at radius 2 is 1.86 bits per heavy atom. The van der Waals surface area contributed by atoms with Crippen LogP contribution in [-0.2, 0) is 5.41 Å². The third-order valence-electron chi connectivity index (χ3n) is 3.73. The van der Waals surface area contributed by atoms with Crippen molar-refractivity contribution in [1.82, 2.24) is 9.97 Å². The van der Waals surface area contributed by atoms with Gasteiger partial charge in [-0.1, -0.05) is 32.9 Å². The van der Waals surface area contributed by atoms with E-state index in [0.29, 0.717) is 16.2 Å². The Kier molecular flexibility index (Phi) is 4.83. The van der Waals surface area contributed by atoms with E-state index in [-0.39, 0.29) is 5.41 Å². The highest BCUT2D eigenvalue weighted by Crippen LogP contribution is 2.33. The van der Waals surface area contributed by atoms with E-state index in [1.165, 1.54) is 11.9 Å². The molecule has 0 fully saturated rings. The molecule has 0 aliphatic carbocycles. The molecule has 4 nitrogen and oxygen atoms in total. The summed E-state index contributed by atoms with van der Waals surface area (Å²) >= 11 is 3.44. The van der Waals surface area contributed by atoms with Crippen molar-refractivity contribution in [1.29, 1.82) is 0 Å². The van der Waals surface area contributed by atoms with Gasteiger partial charge in [0.1, 0.15) is 22.4 Å². The minimum atomic E-state index is 0.174. The van der Waals surface area contributed by atoms with Crippen molar-refractivity contribution in [3.63, 3.8) is 0 Å². The second-order valence-corrected chi connectivity index (χ2v) is 6.25. The van der Waals surface area contributed by atoms with Gasteiger partial charge in [0.15, 0.2) is 0 Å². The number of benzene rings is 1. The lowest BCUT2D eigenvalue weighted by Gasteiger charge is -2.23. The van der Waals surface area contributed by atoms with Crippen LogP contribution in [0.1, 0.15) is 32.8 Å². The molecule has 0 amide bonds. The molecule has 1 aromatic heterocycles. The van der Waals surface area contributed by atoms with Crippen molar-refractivity contribution < 1.29 is 4.74 Å². The Balaban J connectivity index is 2.22. The van der Waals surface area contributed by atoms with E-state index in [1.54, 1.807) is 7.05 Å². The summed E-state index contributed by atoms with van der Waals surface area (Å²) in [7, 11) is 1.80. The number of aromatic nitrogens is 2. The molecule has 0 saturated carbocycles. The van der Waals surface area contributed by atoms with Crippen molar-refractivity contribution >= 4 is 21.7 Å². The monoisotopic (exact) mass is 349 g/mol. The third kappa shape index (κ3) is 3.53. The standard InChI is InChI=1S/C16H20BrN3O/c1-5-16(2,3)11-6-8-12(9-7-11)21-15-13(17)14(18-4)19-10-20-15/h6-10H,5H2,1-4H3,(H,18,19,20). The first-order valence-electron chi connectivity index (χ1n) is 6.94. The van der Waals surface area contributed by atoms with E-state index >= 15 is 0 Å². The molecule has 2 aromatic rings. The molecule has 21 heavy (non-hydrogen) atoms. The fraction of sp³-hybridized carbons (Fsp3) is 0.375. The van der Waals surface area contributed by atoms with Crippen LogP contribution in [0.15, 0.2) is 35.1 Å². The zero-order valence-corrected chi connectivity index (χ0v) is 14.4. The van der Waals surface area contributed by atoms with Gasteiger partial charge in [-0.3, -0.25) is 0 Å². The Morgan fingerprint density at radius 1 is 1.19 bits per heavy atom. The number of halogens is 1. The largest absolute Gasteiger partial charge is 0.438 e. The first-order chi connectivity index (χ1) is 9.97. The average molecular weight is 350 g/mol. The number of nitrogens with one attached hydrogen (secondary N) is 1. The minimum Gasteiger partial charge on any atom is -0.438 e. The van der Waals surface area contributed by atoms with Crippen LogP contribution in [0.3, 0.4) is 0 Å². The molecule has 0 saturated heterocycles. The molecule has 112 valence electrons. The molecule has 1 aromatic carbocycles. The number of hydrogen-bond donors (Lipinski definition) is 1. The van der Waals surface area contributed by atoms with E-state index in [9.17, 15) is 0 Å². The zero-order chi connectivity index (χ0) is 15.5. The van der Waals surface area contributed by atoms with E-state index < -0.39 is 0 Å². The van der Waals surface area contributed by atoms with E-state index in [2.05, 4.69) is 64.1 Å². The Bertz CT molecular complexity index is 611. The number of anilines is 1. The quantitative estimate of drug-likeness (QED) is 0.845. The maximum absolute atomic E-state index is 5.81. The topological polar surface area (TPSA) is 47.0 Å². The van der Waals surface area contributed by atoms with Crippen molar-refractivity contribution in [2.75, 3.05) is 12.4 Å². The van der Waals surface area contributed by atoms with E-state index in [1.807, 2.05) is 12.1 Å². The van der Waals surface area contributed by atoms with E-state index in [0.717, 1.165) is 12.2 Å². The van der Waals surface area contributed by atoms with Gasteiger partial charge in [-0.15, -0.1) is 0 Å². The maximum atomic E-state index is 5.81. The molecule has 1 N–H and O–H groups in total. The Morgan fingerprint density at radius 3 is 2.43 bits per heavy atom. The average Bonchev–Trinajstić information content (AvgIpc) is 2.50. The predicted molar refractivity (Wildman–Crippen MR) is 89.1 cm³/mol. The van der Waals surface area contributed by atoms with Crippen LogP contribution in [0.5, 0.6) is 11.6 Å². The fourth-order valence-corrected chi connectivity index (χ4v) is 2.37. The van der Waals surface area contributed by atoms with Crippen molar-refractivity contribution in [3.8, 4) is 11.6 Å². The Labute approximate surface area is 134 Å². The molecule has 0 atom stereocenters. The van der Waals surface area contributed by atoms with Gasteiger partial charge in [0.25, 0.3) is 0 Å². The van der Waals surface area contributed by atoms with Crippen LogP contribution in [0.4, 0.5) is 5.82 Å². The molecule has 1 heterocycles. The lowest BCUT2D eigenvalue weighted by Crippen LogP contribution is -2.14. The number of rotatable bonds is 5. The van der Waals surface area contributed by atoms with Gasteiger partial charge in [-0.2, -0.15) is 0 Å². The molecule has 2 rings (SSSR count). The molecular formula is C16H20BrN3O. The maximum Gasteiger partial charge on any atom is 0.238 e. The molecule has 5 heteroatoms. The first kappa shape index (κ1) is 15.8. The molecular weight excluding hydrogens is 330 g/mol. The summed E-state index contributed by atoms with van der Waals surface area (Å²) in [5, 5.41) is 2.98. The molecule has 0 spiro atoms. The van der Waals surface area contributed by atoms with Gasteiger partial charge in [-0.05, 0) is 45.5 Å². The van der Waals surface area contributed by atoms with Gasteiger partial charge in [0, 0.05) is 7.05 Å². The van der Waals surface area contributed by atoms with Crippen LogP contribution in [0.25, 0.3) is 0 Å². The highest BCUT2D eigenvalue weighted by molar-refractivity contribution is 9.10. The molecule has 0 aliphatic heterocycles. The number of hydrogen-bond acceptors (Lipinski definition) is 4. The van der Waals surface area contributed by atoms with Crippen LogP contribution in [0.2, 0.25) is 0 Å². The molecule has 0 radical (unpaired) electrons. The minimum absolute atomic E-state index is 0.174. The smallest absolute Gasteiger partial charge is 0.238 e. The fourth-order valence-electron chi connectivity index (χ4n) is 1.89. The Hall–Kier alpha value is -1.62. The highest BCUT2D eigenvalue weighted by Gasteiger charge is 2.18. The second-order valence-electron chi connectivity index (χ2n) is 5.46. The molecule has 0 unspecified atom stereocenters. The highest BCUT2D eigenvalue weighted by atomic mass is 79.9. The van der Waals surface area contributed by atoms with Crippen LogP contribution in [0, 0.1) is 0 Å². The van der Waals surface area contributed by atoms with E-state index in [4.69, 9.17) is 4.74 Å². The summed E-state index contributed by atoms with van der Waals surface area (Å²) in [6.07, 6.45) is 2.57.